The third kappa shape index (κ3) is 3.37. The lowest BCUT2D eigenvalue weighted by molar-refractivity contribution is 0.816. The van der Waals surface area contributed by atoms with Crippen molar-refractivity contribution in [2.45, 2.75) is 33.6 Å². The highest BCUT2D eigenvalue weighted by molar-refractivity contribution is 5.07. The topological polar surface area (TPSA) is 32.9 Å². The normalized spacial score (nSPS) is 9.08. The molecule has 0 spiro atoms. The van der Waals surface area contributed by atoms with Crippen molar-refractivity contribution >= 4 is 0 Å². The molecule has 1 aromatic rings. The van der Waals surface area contributed by atoms with E-state index in [-0.39, 0.29) is 5.56 Å². The van der Waals surface area contributed by atoms with Crippen molar-refractivity contribution in [3.63, 3.8) is 0 Å². The first-order valence-corrected chi connectivity index (χ1v) is 4.39. The lowest BCUT2D eigenvalue weighted by Crippen LogP contribution is -2.06. The highest BCUT2D eigenvalue weighted by atomic mass is 16.1. The number of aromatic amines is 1. The smallest absolute Gasteiger partial charge is 0.248 e. The molecular weight excluding hydrogens is 150 g/mol. The van der Waals surface area contributed by atoms with Gasteiger partial charge in [0.2, 0.25) is 5.56 Å². The van der Waals surface area contributed by atoms with Crippen LogP contribution in [-0.2, 0) is 0 Å². The van der Waals surface area contributed by atoms with Crippen LogP contribution in [0.2, 0.25) is 0 Å². The molecule has 1 aromatic heterocycles. The molecule has 0 saturated carbocycles. The largest absolute Gasteiger partial charge is 0.326 e. The monoisotopic (exact) mass is 167 g/mol. The van der Waals surface area contributed by atoms with Gasteiger partial charge in [-0.15, -0.1) is 0 Å². The summed E-state index contributed by atoms with van der Waals surface area (Å²) >= 11 is 0. The molecule has 0 aliphatic heterocycles. The first kappa shape index (κ1) is 11.0. The number of nitrogens with one attached hydrogen (secondary N) is 1. The van der Waals surface area contributed by atoms with Crippen molar-refractivity contribution in [3.8, 4) is 0 Å². The molecule has 1 rings (SSSR count). The van der Waals surface area contributed by atoms with Crippen molar-refractivity contribution in [3.05, 3.63) is 34.2 Å². The molecule has 0 fully saturated rings. The fourth-order valence-electron chi connectivity index (χ4n) is 0.802. The van der Waals surface area contributed by atoms with E-state index in [2.05, 4.69) is 4.98 Å². The van der Waals surface area contributed by atoms with E-state index >= 15 is 0 Å². The summed E-state index contributed by atoms with van der Waals surface area (Å²) in [5, 5.41) is 0. The molecule has 0 unspecified atom stereocenters. The number of rotatable bonds is 1. The first-order chi connectivity index (χ1) is 5.70. The van der Waals surface area contributed by atoms with Crippen LogP contribution in [0.4, 0.5) is 0 Å². The van der Waals surface area contributed by atoms with Gasteiger partial charge in [-0.1, -0.05) is 33.8 Å². The van der Waals surface area contributed by atoms with Gasteiger partial charge in [0.15, 0.2) is 0 Å². The second-order valence-corrected chi connectivity index (χ2v) is 2.63. The molecule has 68 valence electrons. The lowest BCUT2D eigenvalue weighted by atomic mass is 10.1. The van der Waals surface area contributed by atoms with E-state index in [0.717, 1.165) is 5.69 Å². The maximum absolute atomic E-state index is 10.7. The standard InChI is InChI=1S/C8H11NO.C2H6/c1-6(2)7-4-3-5-8(10)9-7;1-2/h3-6H,1-2H3,(H,9,10);1-2H3. The fourth-order valence-corrected chi connectivity index (χ4v) is 0.802. The van der Waals surface area contributed by atoms with Gasteiger partial charge in [-0.2, -0.15) is 0 Å². The Balaban J connectivity index is 0.000000561. The summed E-state index contributed by atoms with van der Waals surface area (Å²) in [6.45, 7) is 8.09. The molecule has 0 aliphatic carbocycles. The molecule has 0 atom stereocenters. The Morgan fingerprint density at radius 3 is 2.17 bits per heavy atom. The molecule has 0 saturated heterocycles. The number of hydrogen-bond donors (Lipinski definition) is 1. The van der Waals surface area contributed by atoms with Gasteiger partial charge < -0.3 is 4.98 Å². The molecule has 2 heteroatoms. The van der Waals surface area contributed by atoms with Crippen molar-refractivity contribution in [2.24, 2.45) is 0 Å². The highest BCUT2D eigenvalue weighted by Crippen LogP contribution is 2.06. The maximum Gasteiger partial charge on any atom is 0.248 e. The van der Waals surface area contributed by atoms with Crippen LogP contribution < -0.4 is 5.56 Å². The third-order valence-electron chi connectivity index (χ3n) is 1.41. The summed E-state index contributed by atoms with van der Waals surface area (Å²) < 4.78 is 0. The average Bonchev–Trinajstić information content (AvgIpc) is 2.08. The van der Waals surface area contributed by atoms with Gasteiger partial charge >= 0.3 is 0 Å². The van der Waals surface area contributed by atoms with Crippen LogP contribution in [0.3, 0.4) is 0 Å². The van der Waals surface area contributed by atoms with Crippen molar-refractivity contribution < 1.29 is 0 Å². The Morgan fingerprint density at radius 2 is 1.83 bits per heavy atom. The predicted octanol–water partition coefficient (Wildman–Crippen LogP) is 2.52. The molecule has 2 nitrogen and oxygen atoms in total. The Labute approximate surface area is 73.6 Å². The summed E-state index contributed by atoms with van der Waals surface area (Å²) in [6.07, 6.45) is 0. The molecule has 1 N–H and O–H groups in total. The molecule has 1 heterocycles. The van der Waals surface area contributed by atoms with Gasteiger partial charge in [0, 0.05) is 11.8 Å². The molecule has 0 radical (unpaired) electrons. The van der Waals surface area contributed by atoms with E-state index in [1.807, 2.05) is 33.8 Å². The van der Waals surface area contributed by atoms with Crippen molar-refractivity contribution in [1.82, 2.24) is 4.98 Å². The molecule has 0 bridgehead atoms. The number of aromatic nitrogens is 1. The Bertz CT molecular complexity index is 263. The third-order valence-corrected chi connectivity index (χ3v) is 1.41. The summed E-state index contributed by atoms with van der Waals surface area (Å²) in [5.74, 6) is 0.397. The van der Waals surface area contributed by atoms with Crippen LogP contribution in [0.25, 0.3) is 0 Å². The Morgan fingerprint density at radius 1 is 1.25 bits per heavy atom. The van der Waals surface area contributed by atoms with Gasteiger partial charge in [0.1, 0.15) is 0 Å². The zero-order valence-electron chi connectivity index (χ0n) is 8.22. The number of H-pyrrole nitrogens is 1. The van der Waals surface area contributed by atoms with Gasteiger partial charge in [-0.05, 0) is 12.0 Å². The van der Waals surface area contributed by atoms with Crippen LogP contribution in [0.5, 0.6) is 0 Å². The summed E-state index contributed by atoms with van der Waals surface area (Å²) in [7, 11) is 0. The Hall–Kier alpha value is -1.05. The minimum Gasteiger partial charge on any atom is -0.326 e. The lowest BCUT2D eigenvalue weighted by Gasteiger charge is -2.01. The number of hydrogen-bond acceptors (Lipinski definition) is 1. The van der Waals surface area contributed by atoms with Crippen LogP contribution in [-0.4, -0.2) is 4.98 Å². The average molecular weight is 167 g/mol. The fraction of sp³-hybridized carbons (Fsp3) is 0.500. The summed E-state index contributed by atoms with van der Waals surface area (Å²) in [5.41, 5.74) is 0.971. The first-order valence-electron chi connectivity index (χ1n) is 4.39. The van der Waals surface area contributed by atoms with Gasteiger partial charge in [-0.3, -0.25) is 4.79 Å². The second kappa shape index (κ2) is 5.58. The summed E-state index contributed by atoms with van der Waals surface area (Å²) in [4.78, 5) is 13.5. The SMILES string of the molecule is CC.CC(C)c1cccc(=O)[nH]1. The summed E-state index contributed by atoms with van der Waals surface area (Å²) in [6, 6.07) is 5.21. The molecular formula is C10H17NO. The highest BCUT2D eigenvalue weighted by Gasteiger charge is 1.96. The molecule has 0 aromatic carbocycles. The van der Waals surface area contributed by atoms with Crippen molar-refractivity contribution in [2.75, 3.05) is 0 Å². The van der Waals surface area contributed by atoms with Gasteiger partial charge in [0.05, 0.1) is 0 Å². The molecule has 0 aliphatic rings. The van der Waals surface area contributed by atoms with E-state index in [1.54, 1.807) is 6.07 Å². The zero-order valence-corrected chi connectivity index (χ0v) is 8.22. The predicted molar refractivity (Wildman–Crippen MR) is 52.5 cm³/mol. The van der Waals surface area contributed by atoms with E-state index in [4.69, 9.17) is 0 Å². The number of pyridine rings is 1. The van der Waals surface area contributed by atoms with Crippen LogP contribution in [0.15, 0.2) is 23.0 Å². The maximum atomic E-state index is 10.7. The van der Waals surface area contributed by atoms with E-state index in [1.165, 1.54) is 6.07 Å². The van der Waals surface area contributed by atoms with Crippen LogP contribution >= 0.6 is 0 Å². The van der Waals surface area contributed by atoms with Crippen molar-refractivity contribution in [1.29, 1.82) is 0 Å². The van der Waals surface area contributed by atoms with Gasteiger partial charge in [-0.25, -0.2) is 0 Å². The minimum absolute atomic E-state index is 0.0220. The molecule has 12 heavy (non-hydrogen) atoms. The Kier molecular flexibility index (Phi) is 5.09. The zero-order chi connectivity index (χ0) is 9.56. The second-order valence-electron chi connectivity index (χ2n) is 2.63. The van der Waals surface area contributed by atoms with Gasteiger partial charge in [0.25, 0.3) is 0 Å². The quantitative estimate of drug-likeness (QED) is 0.685. The van der Waals surface area contributed by atoms with E-state index < -0.39 is 0 Å². The van der Waals surface area contributed by atoms with E-state index in [0.29, 0.717) is 5.92 Å². The van der Waals surface area contributed by atoms with Crippen LogP contribution in [0.1, 0.15) is 39.3 Å². The molecule has 0 amide bonds. The van der Waals surface area contributed by atoms with Crippen LogP contribution in [0, 0.1) is 0 Å². The van der Waals surface area contributed by atoms with E-state index in [9.17, 15) is 4.79 Å². The minimum atomic E-state index is -0.0220.